The van der Waals surface area contributed by atoms with Crippen LogP contribution in [-0.4, -0.2) is 6.04 Å². The predicted molar refractivity (Wildman–Crippen MR) is 63.8 cm³/mol. The lowest BCUT2D eigenvalue weighted by Gasteiger charge is -2.15. The Kier molecular flexibility index (Phi) is 4.17. The van der Waals surface area contributed by atoms with Gasteiger partial charge in [0.1, 0.15) is 0 Å². The molecular formula is C13H18N2. The van der Waals surface area contributed by atoms with Gasteiger partial charge in [-0.05, 0) is 43.5 Å². The van der Waals surface area contributed by atoms with Gasteiger partial charge in [0.2, 0.25) is 0 Å². The van der Waals surface area contributed by atoms with Crippen LogP contribution in [0.4, 0.5) is 5.69 Å². The topological polar surface area (TPSA) is 35.8 Å². The largest absolute Gasteiger partial charge is 0.381 e. The van der Waals surface area contributed by atoms with Crippen LogP contribution in [0.2, 0.25) is 0 Å². The standard InChI is InChI=1S/C13H18N2/c1-4-12(7-8-14)15-13-6-5-10(2)11(3)9-13/h5-6,9,12,15H,4,7H2,1-3H3. The van der Waals surface area contributed by atoms with E-state index >= 15 is 0 Å². The Balaban J connectivity index is 2.71. The monoisotopic (exact) mass is 202 g/mol. The maximum absolute atomic E-state index is 8.65. The van der Waals surface area contributed by atoms with Gasteiger partial charge in [-0.2, -0.15) is 5.26 Å². The average Bonchev–Trinajstić information content (AvgIpc) is 2.23. The fourth-order valence-electron chi connectivity index (χ4n) is 1.47. The van der Waals surface area contributed by atoms with Gasteiger partial charge in [0, 0.05) is 11.7 Å². The SMILES string of the molecule is CCC(CC#N)Nc1ccc(C)c(C)c1. The van der Waals surface area contributed by atoms with Crippen molar-refractivity contribution < 1.29 is 0 Å². The van der Waals surface area contributed by atoms with E-state index in [0.29, 0.717) is 6.42 Å². The number of rotatable bonds is 4. The van der Waals surface area contributed by atoms with Gasteiger partial charge in [0.15, 0.2) is 0 Å². The fourth-order valence-corrected chi connectivity index (χ4v) is 1.47. The van der Waals surface area contributed by atoms with Crippen LogP contribution < -0.4 is 5.32 Å². The van der Waals surface area contributed by atoms with Gasteiger partial charge in [-0.3, -0.25) is 0 Å². The summed E-state index contributed by atoms with van der Waals surface area (Å²) in [5.74, 6) is 0. The van der Waals surface area contributed by atoms with E-state index in [1.807, 2.05) is 0 Å². The van der Waals surface area contributed by atoms with Crippen LogP contribution in [0.1, 0.15) is 30.9 Å². The third-order valence-corrected chi connectivity index (χ3v) is 2.71. The van der Waals surface area contributed by atoms with Gasteiger partial charge in [0.05, 0.1) is 12.5 Å². The first kappa shape index (κ1) is 11.6. The van der Waals surface area contributed by atoms with E-state index < -0.39 is 0 Å². The summed E-state index contributed by atoms with van der Waals surface area (Å²) in [5.41, 5.74) is 3.70. The van der Waals surface area contributed by atoms with E-state index in [-0.39, 0.29) is 6.04 Å². The molecule has 0 aliphatic heterocycles. The predicted octanol–water partition coefficient (Wildman–Crippen LogP) is 3.41. The summed E-state index contributed by atoms with van der Waals surface area (Å²) in [7, 11) is 0. The lowest BCUT2D eigenvalue weighted by atomic mass is 10.1. The summed E-state index contributed by atoms with van der Waals surface area (Å²) in [5, 5.41) is 12.0. The molecule has 1 unspecified atom stereocenters. The molecule has 2 heteroatoms. The van der Waals surface area contributed by atoms with E-state index in [2.05, 4.69) is 50.4 Å². The first-order valence-corrected chi connectivity index (χ1v) is 5.38. The number of aryl methyl sites for hydroxylation is 2. The summed E-state index contributed by atoms with van der Waals surface area (Å²) in [6.07, 6.45) is 1.53. The minimum Gasteiger partial charge on any atom is -0.381 e. The summed E-state index contributed by atoms with van der Waals surface area (Å²) in [6.45, 7) is 6.30. The summed E-state index contributed by atoms with van der Waals surface area (Å²) < 4.78 is 0. The molecule has 15 heavy (non-hydrogen) atoms. The highest BCUT2D eigenvalue weighted by Gasteiger charge is 2.05. The maximum Gasteiger partial charge on any atom is 0.0643 e. The van der Waals surface area contributed by atoms with Crippen molar-refractivity contribution in [2.24, 2.45) is 0 Å². The molecule has 0 spiro atoms. The van der Waals surface area contributed by atoms with Gasteiger partial charge in [-0.1, -0.05) is 13.0 Å². The molecule has 0 heterocycles. The number of benzene rings is 1. The van der Waals surface area contributed by atoms with Crippen molar-refractivity contribution in [3.63, 3.8) is 0 Å². The third-order valence-electron chi connectivity index (χ3n) is 2.71. The lowest BCUT2D eigenvalue weighted by molar-refractivity contribution is 0.711. The van der Waals surface area contributed by atoms with Gasteiger partial charge in [0.25, 0.3) is 0 Å². The summed E-state index contributed by atoms with van der Waals surface area (Å²) in [6, 6.07) is 8.78. The Bertz CT molecular complexity index is 363. The first-order chi connectivity index (χ1) is 7.17. The molecule has 0 radical (unpaired) electrons. The molecule has 0 bridgehead atoms. The van der Waals surface area contributed by atoms with Gasteiger partial charge < -0.3 is 5.32 Å². The molecule has 0 aliphatic carbocycles. The first-order valence-electron chi connectivity index (χ1n) is 5.38. The van der Waals surface area contributed by atoms with Crippen LogP contribution in [0.3, 0.4) is 0 Å². The van der Waals surface area contributed by atoms with Crippen molar-refractivity contribution in [3.05, 3.63) is 29.3 Å². The van der Waals surface area contributed by atoms with E-state index in [4.69, 9.17) is 5.26 Å². The smallest absolute Gasteiger partial charge is 0.0643 e. The number of hydrogen-bond acceptors (Lipinski definition) is 2. The van der Waals surface area contributed by atoms with Crippen molar-refractivity contribution in [2.45, 2.75) is 39.7 Å². The summed E-state index contributed by atoms with van der Waals surface area (Å²) in [4.78, 5) is 0. The Labute approximate surface area is 91.9 Å². The van der Waals surface area contributed by atoms with E-state index in [9.17, 15) is 0 Å². The van der Waals surface area contributed by atoms with Crippen molar-refractivity contribution in [1.82, 2.24) is 0 Å². The molecule has 0 aromatic heterocycles. The van der Waals surface area contributed by atoms with Gasteiger partial charge in [-0.15, -0.1) is 0 Å². The highest BCUT2D eigenvalue weighted by Crippen LogP contribution is 2.16. The average molecular weight is 202 g/mol. The van der Waals surface area contributed by atoms with Crippen LogP contribution >= 0.6 is 0 Å². The number of hydrogen-bond donors (Lipinski definition) is 1. The third kappa shape index (κ3) is 3.28. The van der Waals surface area contributed by atoms with E-state index in [1.54, 1.807) is 0 Å². The zero-order valence-electron chi connectivity index (χ0n) is 9.67. The second-order valence-corrected chi connectivity index (χ2v) is 3.91. The van der Waals surface area contributed by atoms with Crippen LogP contribution in [0.5, 0.6) is 0 Å². The van der Waals surface area contributed by atoms with Crippen LogP contribution in [0.25, 0.3) is 0 Å². The molecule has 0 aliphatic rings. The van der Waals surface area contributed by atoms with Gasteiger partial charge in [-0.25, -0.2) is 0 Å². The van der Waals surface area contributed by atoms with Crippen LogP contribution in [0.15, 0.2) is 18.2 Å². The van der Waals surface area contributed by atoms with E-state index in [1.165, 1.54) is 11.1 Å². The normalized spacial score (nSPS) is 11.9. The minimum absolute atomic E-state index is 0.261. The van der Waals surface area contributed by atoms with Crippen molar-refractivity contribution >= 4 is 5.69 Å². The van der Waals surface area contributed by atoms with E-state index in [0.717, 1.165) is 12.1 Å². The molecule has 2 nitrogen and oxygen atoms in total. The molecule has 1 aromatic rings. The molecule has 0 fully saturated rings. The Morgan fingerprint density at radius 2 is 2.07 bits per heavy atom. The molecule has 1 N–H and O–H groups in total. The fraction of sp³-hybridized carbons (Fsp3) is 0.462. The molecule has 0 amide bonds. The molecular weight excluding hydrogens is 184 g/mol. The maximum atomic E-state index is 8.65. The highest BCUT2D eigenvalue weighted by atomic mass is 14.9. The highest BCUT2D eigenvalue weighted by molar-refractivity contribution is 5.48. The molecule has 1 aromatic carbocycles. The Morgan fingerprint density at radius 3 is 2.60 bits per heavy atom. The summed E-state index contributed by atoms with van der Waals surface area (Å²) >= 11 is 0. The lowest BCUT2D eigenvalue weighted by Crippen LogP contribution is -2.17. The van der Waals surface area contributed by atoms with Crippen molar-refractivity contribution in [2.75, 3.05) is 5.32 Å². The number of nitrogens with zero attached hydrogens (tertiary/aromatic N) is 1. The molecule has 1 atom stereocenters. The Morgan fingerprint density at radius 1 is 1.33 bits per heavy atom. The van der Waals surface area contributed by atoms with Gasteiger partial charge >= 0.3 is 0 Å². The Hall–Kier alpha value is -1.49. The number of nitriles is 1. The second-order valence-electron chi connectivity index (χ2n) is 3.91. The quantitative estimate of drug-likeness (QED) is 0.812. The molecule has 80 valence electrons. The van der Waals surface area contributed by atoms with Crippen LogP contribution in [-0.2, 0) is 0 Å². The number of nitrogens with one attached hydrogen (secondary N) is 1. The number of anilines is 1. The molecule has 0 saturated carbocycles. The van der Waals surface area contributed by atoms with Crippen molar-refractivity contribution in [1.29, 1.82) is 5.26 Å². The minimum atomic E-state index is 0.261. The zero-order valence-corrected chi connectivity index (χ0v) is 9.67. The zero-order chi connectivity index (χ0) is 11.3. The van der Waals surface area contributed by atoms with Crippen molar-refractivity contribution in [3.8, 4) is 6.07 Å². The second kappa shape index (κ2) is 5.41. The van der Waals surface area contributed by atoms with Crippen LogP contribution in [0, 0.1) is 25.2 Å². The molecule has 1 rings (SSSR count). The molecule has 0 saturated heterocycles.